The van der Waals surface area contributed by atoms with E-state index in [0.717, 1.165) is 6.07 Å². The van der Waals surface area contributed by atoms with Crippen molar-refractivity contribution >= 4 is 23.2 Å². The number of fused-ring (bicyclic) bond motifs is 1. The van der Waals surface area contributed by atoms with Crippen LogP contribution in [0.1, 0.15) is 55.6 Å². The van der Waals surface area contributed by atoms with Crippen molar-refractivity contribution in [1.29, 1.82) is 0 Å². The van der Waals surface area contributed by atoms with Gasteiger partial charge in [0.05, 0.1) is 23.1 Å². The summed E-state index contributed by atoms with van der Waals surface area (Å²) in [5.41, 5.74) is 9.39. The number of aromatic nitrogens is 4. The molecule has 4 aromatic rings. The standard InChI is InChI=1S/C28H30F2N6O3/c1-5-17(10-15(2)35(4)24(39)14-37)26-25(16(3)38)27(31)36-28(34-26)21(13-33-36)18-6-9-23(32-12-18)20-8-7-19(29)11-22(20)30/h6-9,11-13,15,17,37H,5,10,14,31H2,1-4H3/t15?,17-/m0/s1. The average Bonchev–Trinajstić information content (AvgIpc) is 3.35. The lowest BCUT2D eigenvalue weighted by Crippen LogP contribution is -2.38. The summed E-state index contributed by atoms with van der Waals surface area (Å²) < 4.78 is 29.0. The van der Waals surface area contributed by atoms with E-state index >= 15 is 0 Å². The number of anilines is 1. The zero-order valence-electron chi connectivity index (χ0n) is 22.2. The monoisotopic (exact) mass is 536 g/mol. The van der Waals surface area contributed by atoms with Gasteiger partial charge in [0.2, 0.25) is 5.91 Å². The van der Waals surface area contributed by atoms with Gasteiger partial charge in [-0.1, -0.05) is 13.0 Å². The number of halogens is 2. The van der Waals surface area contributed by atoms with E-state index in [1.165, 1.54) is 28.5 Å². The fraction of sp³-hybridized carbons (Fsp3) is 0.321. The van der Waals surface area contributed by atoms with E-state index in [4.69, 9.17) is 10.7 Å². The summed E-state index contributed by atoms with van der Waals surface area (Å²) in [7, 11) is 1.62. The van der Waals surface area contributed by atoms with Crippen molar-refractivity contribution in [1.82, 2.24) is 24.5 Å². The number of hydrogen-bond donors (Lipinski definition) is 2. The molecule has 0 spiro atoms. The summed E-state index contributed by atoms with van der Waals surface area (Å²) in [4.78, 5) is 35.4. The first kappa shape index (κ1) is 27.8. The third kappa shape index (κ3) is 5.35. The van der Waals surface area contributed by atoms with Crippen molar-refractivity contribution in [3.8, 4) is 22.4 Å². The molecule has 0 aliphatic heterocycles. The number of benzene rings is 1. The summed E-state index contributed by atoms with van der Waals surface area (Å²) in [6.45, 7) is 4.66. The van der Waals surface area contributed by atoms with Crippen LogP contribution in [0.25, 0.3) is 28.0 Å². The number of carbonyl (C=O) groups excluding carboxylic acids is 2. The maximum atomic E-state index is 14.2. The van der Waals surface area contributed by atoms with E-state index in [1.807, 2.05) is 13.8 Å². The topological polar surface area (TPSA) is 127 Å². The van der Waals surface area contributed by atoms with Crippen LogP contribution in [-0.2, 0) is 4.79 Å². The molecule has 0 saturated carbocycles. The van der Waals surface area contributed by atoms with Crippen LogP contribution in [0, 0.1) is 11.6 Å². The molecule has 4 rings (SSSR count). The zero-order valence-corrected chi connectivity index (χ0v) is 22.2. The van der Waals surface area contributed by atoms with Gasteiger partial charge in [-0.3, -0.25) is 14.6 Å². The third-order valence-electron chi connectivity index (χ3n) is 7.04. The van der Waals surface area contributed by atoms with Crippen molar-refractivity contribution in [2.75, 3.05) is 19.4 Å². The number of nitrogens with two attached hydrogens (primary N) is 1. The summed E-state index contributed by atoms with van der Waals surface area (Å²) in [6.07, 6.45) is 4.22. The van der Waals surface area contributed by atoms with E-state index < -0.39 is 24.1 Å². The lowest BCUT2D eigenvalue weighted by atomic mass is 9.90. The smallest absolute Gasteiger partial charge is 0.248 e. The highest BCUT2D eigenvalue weighted by Gasteiger charge is 2.28. The quantitative estimate of drug-likeness (QED) is 0.306. The van der Waals surface area contributed by atoms with Crippen molar-refractivity contribution in [2.24, 2.45) is 0 Å². The second-order valence-electron chi connectivity index (χ2n) is 9.52. The normalized spacial score (nSPS) is 12.9. The second kappa shape index (κ2) is 11.2. The van der Waals surface area contributed by atoms with Gasteiger partial charge in [0, 0.05) is 48.0 Å². The number of ketones is 1. The first-order chi connectivity index (χ1) is 18.6. The molecule has 0 bridgehead atoms. The first-order valence-corrected chi connectivity index (χ1v) is 12.5. The molecule has 3 heterocycles. The predicted octanol–water partition coefficient (Wildman–Crippen LogP) is 4.24. The Labute approximate surface area is 224 Å². The van der Waals surface area contributed by atoms with Gasteiger partial charge in [0.1, 0.15) is 24.1 Å². The van der Waals surface area contributed by atoms with Crippen LogP contribution < -0.4 is 5.73 Å². The third-order valence-corrected chi connectivity index (χ3v) is 7.04. The van der Waals surface area contributed by atoms with Crippen molar-refractivity contribution in [2.45, 2.75) is 45.6 Å². The highest BCUT2D eigenvalue weighted by molar-refractivity contribution is 6.00. The van der Waals surface area contributed by atoms with Gasteiger partial charge in [0.15, 0.2) is 11.4 Å². The van der Waals surface area contributed by atoms with Gasteiger partial charge >= 0.3 is 0 Å². The lowest BCUT2D eigenvalue weighted by molar-refractivity contribution is -0.134. The molecule has 3 aromatic heterocycles. The van der Waals surface area contributed by atoms with Gasteiger partial charge in [-0.15, -0.1) is 0 Å². The van der Waals surface area contributed by atoms with Gasteiger partial charge in [-0.25, -0.2) is 13.8 Å². The SMILES string of the molecule is CC[C@@H](CC(C)N(C)C(=O)CO)c1nc2c(-c3ccc(-c4ccc(F)cc4F)nc3)cnn2c(N)c1C(C)=O. The molecule has 3 N–H and O–H groups in total. The first-order valence-electron chi connectivity index (χ1n) is 12.5. The van der Waals surface area contributed by atoms with Gasteiger partial charge in [-0.2, -0.15) is 9.61 Å². The van der Waals surface area contributed by atoms with Crippen LogP contribution >= 0.6 is 0 Å². The molecule has 0 saturated heterocycles. The van der Waals surface area contributed by atoms with Crippen LogP contribution in [0.3, 0.4) is 0 Å². The van der Waals surface area contributed by atoms with E-state index in [2.05, 4.69) is 10.1 Å². The van der Waals surface area contributed by atoms with Crippen LogP contribution in [0.5, 0.6) is 0 Å². The van der Waals surface area contributed by atoms with Crippen molar-refractivity contribution in [3.63, 3.8) is 0 Å². The Morgan fingerprint density at radius 3 is 2.49 bits per heavy atom. The van der Waals surface area contributed by atoms with Crippen LogP contribution in [-0.4, -0.2) is 61.0 Å². The van der Waals surface area contributed by atoms with Gasteiger partial charge in [0.25, 0.3) is 0 Å². The van der Waals surface area contributed by atoms with Crippen molar-refractivity contribution in [3.05, 3.63) is 65.6 Å². The number of rotatable bonds is 9. The lowest BCUT2D eigenvalue weighted by Gasteiger charge is -2.28. The molecule has 204 valence electrons. The maximum absolute atomic E-state index is 14.2. The Hall–Kier alpha value is -4.25. The number of pyridine rings is 1. The van der Waals surface area contributed by atoms with Crippen LogP contribution in [0.2, 0.25) is 0 Å². The molecule has 11 heteroatoms. The molecule has 1 amide bonds. The number of carbonyl (C=O) groups is 2. The van der Waals surface area contributed by atoms with E-state index in [1.54, 1.807) is 31.6 Å². The van der Waals surface area contributed by atoms with Gasteiger partial charge < -0.3 is 15.7 Å². The van der Waals surface area contributed by atoms with E-state index in [0.29, 0.717) is 41.0 Å². The number of likely N-dealkylation sites (N-methyl/N-ethyl adjacent to an activating group) is 1. The Morgan fingerprint density at radius 1 is 1.15 bits per heavy atom. The fourth-order valence-corrected chi connectivity index (χ4v) is 4.70. The summed E-state index contributed by atoms with van der Waals surface area (Å²) in [5.74, 6) is -2.11. The highest BCUT2D eigenvalue weighted by atomic mass is 19.1. The number of aliphatic hydroxyl groups is 1. The molecule has 1 aromatic carbocycles. The summed E-state index contributed by atoms with van der Waals surface area (Å²) in [6, 6.07) is 6.42. The molecular weight excluding hydrogens is 506 g/mol. The Morgan fingerprint density at radius 2 is 1.90 bits per heavy atom. The molecule has 1 unspecified atom stereocenters. The maximum Gasteiger partial charge on any atom is 0.248 e. The summed E-state index contributed by atoms with van der Waals surface area (Å²) in [5, 5.41) is 13.6. The predicted molar refractivity (Wildman–Crippen MR) is 143 cm³/mol. The highest BCUT2D eigenvalue weighted by Crippen LogP contribution is 2.34. The van der Waals surface area contributed by atoms with E-state index in [-0.39, 0.29) is 34.7 Å². The largest absolute Gasteiger partial charge is 0.387 e. The number of hydrogen-bond acceptors (Lipinski definition) is 7. The minimum Gasteiger partial charge on any atom is -0.387 e. The molecule has 39 heavy (non-hydrogen) atoms. The summed E-state index contributed by atoms with van der Waals surface area (Å²) >= 11 is 0. The average molecular weight is 537 g/mol. The fourth-order valence-electron chi connectivity index (χ4n) is 4.70. The molecule has 2 atom stereocenters. The minimum absolute atomic E-state index is 0.151. The molecule has 9 nitrogen and oxygen atoms in total. The minimum atomic E-state index is -0.715. The molecular formula is C28H30F2N6O3. The number of amides is 1. The Bertz CT molecular complexity index is 1540. The molecule has 0 aliphatic carbocycles. The Balaban J connectivity index is 1.78. The molecule has 0 fully saturated rings. The van der Waals surface area contributed by atoms with Crippen molar-refractivity contribution < 1.29 is 23.5 Å². The number of nitrogens with zero attached hydrogens (tertiary/aromatic N) is 5. The molecule has 0 aliphatic rings. The zero-order chi connectivity index (χ0) is 28.4. The second-order valence-corrected chi connectivity index (χ2v) is 9.52. The van der Waals surface area contributed by atoms with E-state index in [9.17, 15) is 23.5 Å². The number of aliphatic hydroxyl groups excluding tert-OH is 1. The molecule has 0 radical (unpaired) electrons. The number of Topliss-reactive ketones (excluding diaryl/α,β-unsaturated/α-hetero) is 1. The Kier molecular flexibility index (Phi) is 8.01. The van der Waals surface area contributed by atoms with Crippen LogP contribution in [0.4, 0.5) is 14.6 Å². The van der Waals surface area contributed by atoms with Gasteiger partial charge in [-0.05, 0) is 44.9 Å². The van der Waals surface area contributed by atoms with Crippen LogP contribution in [0.15, 0.2) is 42.7 Å². The number of nitrogen functional groups attached to an aromatic ring is 1.